The zero-order chi connectivity index (χ0) is 11.6. The fourth-order valence-corrected chi connectivity index (χ4v) is 1.14. The highest BCUT2D eigenvalue weighted by Gasteiger charge is 2.31. The van der Waals surface area contributed by atoms with Gasteiger partial charge in [0.1, 0.15) is 0 Å². The molecule has 0 aromatic heterocycles. The minimum atomic E-state index is -4.35. The molecular formula is C9H11ClF3NO2. The molecule has 0 saturated heterocycles. The molecule has 1 aromatic rings. The van der Waals surface area contributed by atoms with Gasteiger partial charge in [-0.3, -0.25) is 0 Å². The number of hydrogen-bond acceptors (Lipinski definition) is 3. The van der Waals surface area contributed by atoms with Crippen LogP contribution in [0.25, 0.3) is 0 Å². The molecule has 0 aliphatic heterocycles. The number of phenolic OH excluding ortho intramolecular Hbond substituents is 2. The lowest BCUT2D eigenvalue weighted by atomic mass is 10.0. The summed E-state index contributed by atoms with van der Waals surface area (Å²) in [5.74, 6) is -0.872. The van der Waals surface area contributed by atoms with Crippen molar-refractivity contribution in [3.8, 4) is 11.5 Å². The summed E-state index contributed by atoms with van der Waals surface area (Å²) >= 11 is 0. The molecule has 1 aromatic carbocycles. The highest BCUT2D eigenvalue weighted by atomic mass is 35.5. The molecule has 0 heterocycles. The quantitative estimate of drug-likeness (QED) is 0.713. The Kier molecular flexibility index (Phi) is 4.89. The van der Waals surface area contributed by atoms with E-state index in [1.54, 1.807) is 0 Å². The standard InChI is InChI=1S/C9H10F3NO2.ClH/c10-9(11,12)4-6(13)5-1-2-7(14)8(15)3-5;/h1-3,6,14-15H,4,13H2;1H/t6-;/m1./s1. The minimum Gasteiger partial charge on any atom is -0.504 e. The van der Waals surface area contributed by atoms with Crippen molar-refractivity contribution in [2.45, 2.75) is 18.6 Å². The number of rotatable bonds is 2. The van der Waals surface area contributed by atoms with E-state index in [2.05, 4.69) is 0 Å². The number of alkyl halides is 3. The lowest BCUT2D eigenvalue weighted by Gasteiger charge is -2.14. The van der Waals surface area contributed by atoms with Crippen LogP contribution in [0.2, 0.25) is 0 Å². The van der Waals surface area contributed by atoms with E-state index >= 15 is 0 Å². The zero-order valence-corrected chi connectivity index (χ0v) is 8.85. The monoisotopic (exact) mass is 257 g/mol. The van der Waals surface area contributed by atoms with Crippen molar-refractivity contribution in [3.63, 3.8) is 0 Å². The molecule has 0 saturated carbocycles. The van der Waals surface area contributed by atoms with Crippen molar-refractivity contribution in [3.05, 3.63) is 23.8 Å². The van der Waals surface area contributed by atoms with E-state index in [-0.39, 0.29) is 18.0 Å². The van der Waals surface area contributed by atoms with Gasteiger partial charge in [-0.25, -0.2) is 0 Å². The Labute approximate surface area is 96.1 Å². The van der Waals surface area contributed by atoms with Gasteiger partial charge in [0, 0.05) is 6.04 Å². The Hall–Kier alpha value is -1.14. The second kappa shape index (κ2) is 5.27. The maximum Gasteiger partial charge on any atom is 0.390 e. The number of phenols is 2. The maximum absolute atomic E-state index is 12.0. The Morgan fingerprint density at radius 1 is 1.19 bits per heavy atom. The first-order valence-electron chi connectivity index (χ1n) is 4.14. The predicted octanol–water partition coefficient (Wildman–Crippen LogP) is 2.47. The van der Waals surface area contributed by atoms with Crippen LogP contribution in [0.15, 0.2) is 18.2 Å². The molecule has 0 bridgehead atoms. The Morgan fingerprint density at radius 3 is 2.19 bits per heavy atom. The van der Waals surface area contributed by atoms with E-state index < -0.39 is 30.1 Å². The number of halogens is 4. The Morgan fingerprint density at radius 2 is 1.75 bits per heavy atom. The molecule has 0 aliphatic rings. The lowest BCUT2D eigenvalue weighted by Crippen LogP contribution is -2.20. The SMILES string of the molecule is Cl.N[C@H](CC(F)(F)F)c1ccc(O)c(O)c1. The summed E-state index contributed by atoms with van der Waals surface area (Å²) in [6.45, 7) is 0. The second-order valence-electron chi connectivity index (χ2n) is 3.17. The molecule has 0 aliphatic carbocycles. The van der Waals surface area contributed by atoms with E-state index in [1.165, 1.54) is 6.07 Å². The molecule has 1 rings (SSSR count). The van der Waals surface area contributed by atoms with E-state index in [4.69, 9.17) is 15.9 Å². The summed E-state index contributed by atoms with van der Waals surface area (Å²) in [4.78, 5) is 0. The van der Waals surface area contributed by atoms with Gasteiger partial charge in [0.25, 0.3) is 0 Å². The van der Waals surface area contributed by atoms with Gasteiger partial charge in [-0.15, -0.1) is 12.4 Å². The van der Waals surface area contributed by atoms with E-state index in [0.29, 0.717) is 0 Å². The minimum absolute atomic E-state index is 0. The van der Waals surface area contributed by atoms with Gasteiger partial charge < -0.3 is 15.9 Å². The predicted molar refractivity (Wildman–Crippen MR) is 54.6 cm³/mol. The molecule has 1 atom stereocenters. The normalized spacial score (nSPS) is 13.0. The summed E-state index contributed by atoms with van der Waals surface area (Å²) in [6.07, 6.45) is -5.52. The van der Waals surface area contributed by atoms with E-state index in [9.17, 15) is 13.2 Å². The summed E-state index contributed by atoms with van der Waals surface area (Å²) in [5.41, 5.74) is 5.41. The smallest absolute Gasteiger partial charge is 0.390 e. The molecular weight excluding hydrogens is 247 g/mol. The van der Waals surface area contributed by atoms with Gasteiger partial charge in [-0.1, -0.05) is 6.07 Å². The first kappa shape index (κ1) is 14.9. The van der Waals surface area contributed by atoms with Crippen molar-refractivity contribution in [2.24, 2.45) is 5.73 Å². The van der Waals surface area contributed by atoms with E-state index in [1.807, 2.05) is 0 Å². The van der Waals surface area contributed by atoms with Crippen molar-refractivity contribution in [2.75, 3.05) is 0 Å². The molecule has 0 spiro atoms. The van der Waals surface area contributed by atoms with Gasteiger partial charge in [-0.05, 0) is 17.7 Å². The molecule has 0 amide bonds. The molecule has 0 fully saturated rings. The van der Waals surface area contributed by atoms with Crippen LogP contribution < -0.4 is 5.73 Å². The third-order valence-corrected chi connectivity index (χ3v) is 1.88. The number of hydrogen-bond donors (Lipinski definition) is 3. The van der Waals surface area contributed by atoms with Gasteiger partial charge >= 0.3 is 6.18 Å². The highest BCUT2D eigenvalue weighted by Crippen LogP contribution is 2.32. The average molecular weight is 258 g/mol. The zero-order valence-electron chi connectivity index (χ0n) is 8.03. The van der Waals surface area contributed by atoms with Crippen molar-refractivity contribution < 1.29 is 23.4 Å². The first-order chi connectivity index (χ1) is 6.79. The number of aromatic hydroxyl groups is 2. The third-order valence-electron chi connectivity index (χ3n) is 1.88. The largest absolute Gasteiger partial charge is 0.504 e. The van der Waals surface area contributed by atoms with Crippen LogP contribution in [0.4, 0.5) is 13.2 Å². The first-order valence-corrected chi connectivity index (χ1v) is 4.14. The molecule has 16 heavy (non-hydrogen) atoms. The Bertz CT molecular complexity index is 357. The molecule has 0 unspecified atom stereocenters. The topological polar surface area (TPSA) is 66.5 Å². The Balaban J connectivity index is 0.00000225. The van der Waals surface area contributed by atoms with Crippen LogP contribution in [0.5, 0.6) is 11.5 Å². The van der Waals surface area contributed by atoms with Crippen LogP contribution in [-0.2, 0) is 0 Å². The maximum atomic E-state index is 12.0. The van der Waals surface area contributed by atoms with Crippen LogP contribution in [0, 0.1) is 0 Å². The van der Waals surface area contributed by atoms with Gasteiger partial charge in [-0.2, -0.15) is 13.2 Å². The molecule has 92 valence electrons. The van der Waals surface area contributed by atoms with Crippen molar-refractivity contribution in [1.82, 2.24) is 0 Å². The third kappa shape index (κ3) is 4.16. The summed E-state index contributed by atoms with van der Waals surface area (Å²) in [5, 5.41) is 18.0. The number of nitrogens with two attached hydrogens (primary N) is 1. The van der Waals surface area contributed by atoms with E-state index in [0.717, 1.165) is 12.1 Å². The van der Waals surface area contributed by atoms with Crippen molar-refractivity contribution >= 4 is 12.4 Å². The van der Waals surface area contributed by atoms with Crippen LogP contribution >= 0.6 is 12.4 Å². The van der Waals surface area contributed by atoms with Gasteiger partial charge in [0.2, 0.25) is 0 Å². The van der Waals surface area contributed by atoms with Crippen LogP contribution in [-0.4, -0.2) is 16.4 Å². The van der Waals surface area contributed by atoms with Crippen molar-refractivity contribution in [1.29, 1.82) is 0 Å². The molecule has 7 heteroatoms. The average Bonchev–Trinajstić information content (AvgIpc) is 2.06. The highest BCUT2D eigenvalue weighted by molar-refractivity contribution is 5.85. The van der Waals surface area contributed by atoms with Gasteiger partial charge in [0.05, 0.1) is 6.42 Å². The molecule has 3 nitrogen and oxygen atoms in total. The summed E-state index contributed by atoms with van der Waals surface area (Å²) in [7, 11) is 0. The summed E-state index contributed by atoms with van der Waals surface area (Å²) in [6, 6.07) is 2.12. The second-order valence-corrected chi connectivity index (χ2v) is 3.17. The lowest BCUT2D eigenvalue weighted by molar-refractivity contribution is -0.138. The molecule has 0 radical (unpaired) electrons. The fraction of sp³-hybridized carbons (Fsp3) is 0.333. The van der Waals surface area contributed by atoms with Gasteiger partial charge in [0.15, 0.2) is 11.5 Å². The fourth-order valence-electron chi connectivity index (χ4n) is 1.14. The molecule has 4 N–H and O–H groups in total. The van der Waals surface area contributed by atoms with Crippen LogP contribution in [0.1, 0.15) is 18.0 Å². The van der Waals surface area contributed by atoms with Crippen LogP contribution in [0.3, 0.4) is 0 Å². The summed E-state index contributed by atoms with van der Waals surface area (Å²) < 4.78 is 35.9. The number of benzene rings is 1.